The first kappa shape index (κ1) is 16.0. The number of nitrogens with two attached hydrogens (primary N) is 1. The Balaban J connectivity index is 2.53. The van der Waals surface area contributed by atoms with Gasteiger partial charge >= 0.3 is 0 Å². The number of nitrogen functional groups attached to an aromatic ring is 1. The molecule has 1 unspecified atom stereocenters. The molecular formula is C15H25N5S. The van der Waals surface area contributed by atoms with Crippen molar-refractivity contribution < 1.29 is 0 Å². The second-order valence-electron chi connectivity index (χ2n) is 5.40. The molecule has 1 atom stereocenters. The Morgan fingerprint density at radius 3 is 2.76 bits per heavy atom. The third kappa shape index (κ3) is 3.44. The van der Waals surface area contributed by atoms with E-state index in [1.807, 2.05) is 0 Å². The molecule has 2 aromatic rings. The number of unbranched alkanes of at least 4 members (excludes halogenated alkanes) is 1. The fraction of sp³-hybridized carbons (Fsp3) is 0.600. The first-order valence-electron chi connectivity index (χ1n) is 7.62. The molecule has 0 saturated heterocycles. The molecule has 21 heavy (non-hydrogen) atoms. The van der Waals surface area contributed by atoms with Gasteiger partial charge in [0.2, 0.25) is 5.95 Å². The SMILES string of the molecule is CCCCN(c1nc(NN)nc2sc(C)cc12)C(C)CC. The lowest BCUT2D eigenvalue weighted by atomic mass is 10.2. The molecule has 2 heterocycles. The zero-order valence-corrected chi connectivity index (χ0v) is 14.1. The molecule has 3 N–H and O–H groups in total. The highest BCUT2D eigenvalue weighted by Gasteiger charge is 2.19. The maximum atomic E-state index is 5.54. The van der Waals surface area contributed by atoms with Crippen LogP contribution >= 0.6 is 11.3 Å². The van der Waals surface area contributed by atoms with Gasteiger partial charge in [-0.25, -0.2) is 10.8 Å². The average molecular weight is 307 g/mol. The number of nitrogens with zero attached hydrogens (tertiary/aromatic N) is 3. The van der Waals surface area contributed by atoms with E-state index in [-0.39, 0.29) is 0 Å². The minimum Gasteiger partial charge on any atom is -0.353 e. The number of aryl methyl sites for hydroxylation is 1. The number of thiophene rings is 1. The van der Waals surface area contributed by atoms with E-state index in [1.165, 1.54) is 11.3 Å². The van der Waals surface area contributed by atoms with Crippen molar-refractivity contribution in [3.8, 4) is 0 Å². The van der Waals surface area contributed by atoms with Crippen molar-refractivity contribution in [2.75, 3.05) is 16.9 Å². The molecule has 0 fully saturated rings. The molecule has 116 valence electrons. The summed E-state index contributed by atoms with van der Waals surface area (Å²) in [6, 6.07) is 2.62. The molecular weight excluding hydrogens is 282 g/mol. The van der Waals surface area contributed by atoms with E-state index in [2.05, 4.69) is 54.1 Å². The van der Waals surface area contributed by atoms with Gasteiger partial charge in [-0.05, 0) is 32.8 Å². The predicted octanol–water partition coefficient (Wildman–Crippen LogP) is 3.69. The Morgan fingerprint density at radius 2 is 2.14 bits per heavy atom. The highest BCUT2D eigenvalue weighted by molar-refractivity contribution is 7.18. The smallest absolute Gasteiger partial charge is 0.240 e. The number of nitrogens with one attached hydrogen (secondary N) is 1. The van der Waals surface area contributed by atoms with Gasteiger partial charge in [0.15, 0.2) is 0 Å². The van der Waals surface area contributed by atoms with Crippen LogP contribution in [0.1, 0.15) is 44.9 Å². The number of hydrogen-bond donors (Lipinski definition) is 2. The van der Waals surface area contributed by atoms with Crippen LogP contribution in [0.4, 0.5) is 11.8 Å². The van der Waals surface area contributed by atoms with Crippen molar-refractivity contribution in [3.05, 3.63) is 10.9 Å². The van der Waals surface area contributed by atoms with E-state index in [9.17, 15) is 0 Å². The van der Waals surface area contributed by atoms with Crippen LogP contribution in [0.15, 0.2) is 6.07 Å². The summed E-state index contributed by atoms with van der Waals surface area (Å²) in [5.41, 5.74) is 2.59. The summed E-state index contributed by atoms with van der Waals surface area (Å²) in [6.07, 6.45) is 3.42. The fourth-order valence-electron chi connectivity index (χ4n) is 2.39. The van der Waals surface area contributed by atoms with E-state index in [0.717, 1.165) is 35.4 Å². The van der Waals surface area contributed by atoms with E-state index in [0.29, 0.717) is 12.0 Å². The van der Waals surface area contributed by atoms with Crippen LogP contribution in [-0.4, -0.2) is 22.6 Å². The Bertz CT molecular complexity index is 595. The first-order valence-corrected chi connectivity index (χ1v) is 8.43. The van der Waals surface area contributed by atoms with Crippen LogP contribution in [0, 0.1) is 6.92 Å². The summed E-state index contributed by atoms with van der Waals surface area (Å²) in [4.78, 5) is 13.7. The minimum atomic E-state index is 0.445. The molecule has 0 bridgehead atoms. The molecule has 0 amide bonds. The lowest BCUT2D eigenvalue weighted by molar-refractivity contribution is 0.591. The molecule has 0 aliphatic rings. The van der Waals surface area contributed by atoms with Gasteiger partial charge in [-0.1, -0.05) is 20.3 Å². The van der Waals surface area contributed by atoms with Crippen molar-refractivity contribution in [1.82, 2.24) is 9.97 Å². The van der Waals surface area contributed by atoms with E-state index in [4.69, 9.17) is 5.84 Å². The number of fused-ring (bicyclic) bond motifs is 1. The van der Waals surface area contributed by atoms with Crippen molar-refractivity contribution in [3.63, 3.8) is 0 Å². The van der Waals surface area contributed by atoms with Crippen LogP contribution in [0.25, 0.3) is 10.2 Å². The van der Waals surface area contributed by atoms with Gasteiger partial charge in [-0.2, -0.15) is 4.98 Å². The summed E-state index contributed by atoms with van der Waals surface area (Å²) in [6.45, 7) is 9.79. The minimum absolute atomic E-state index is 0.445. The standard InChI is InChI=1S/C15H25N5S/c1-5-7-8-20(10(3)6-2)13-12-9-11(4)21-14(12)18-15(17-13)19-16/h9-10H,5-8,16H2,1-4H3,(H,17,18,19). The molecule has 6 heteroatoms. The van der Waals surface area contributed by atoms with Crippen molar-refractivity contribution in [1.29, 1.82) is 0 Å². The monoisotopic (exact) mass is 307 g/mol. The molecule has 2 aromatic heterocycles. The third-order valence-corrected chi connectivity index (χ3v) is 4.72. The maximum absolute atomic E-state index is 5.54. The molecule has 0 radical (unpaired) electrons. The van der Waals surface area contributed by atoms with E-state index < -0.39 is 0 Å². The highest BCUT2D eigenvalue weighted by Crippen LogP contribution is 2.33. The molecule has 0 spiro atoms. The molecule has 0 aromatic carbocycles. The average Bonchev–Trinajstić information content (AvgIpc) is 2.86. The zero-order valence-electron chi connectivity index (χ0n) is 13.3. The van der Waals surface area contributed by atoms with Gasteiger partial charge in [-0.15, -0.1) is 11.3 Å². The van der Waals surface area contributed by atoms with Gasteiger partial charge in [0.25, 0.3) is 0 Å². The number of anilines is 2. The van der Waals surface area contributed by atoms with Gasteiger partial charge in [0, 0.05) is 17.5 Å². The topological polar surface area (TPSA) is 67.1 Å². The highest BCUT2D eigenvalue weighted by atomic mass is 32.1. The molecule has 0 saturated carbocycles. The fourth-order valence-corrected chi connectivity index (χ4v) is 3.27. The van der Waals surface area contributed by atoms with Crippen molar-refractivity contribution in [2.45, 2.75) is 53.0 Å². The van der Waals surface area contributed by atoms with Crippen LogP contribution in [-0.2, 0) is 0 Å². The van der Waals surface area contributed by atoms with Crippen LogP contribution in [0.5, 0.6) is 0 Å². The van der Waals surface area contributed by atoms with Gasteiger partial charge in [0.1, 0.15) is 10.6 Å². The Kier molecular flexibility index (Phi) is 5.36. The maximum Gasteiger partial charge on any atom is 0.240 e. The largest absolute Gasteiger partial charge is 0.353 e. The lowest BCUT2D eigenvalue weighted by Crippen LogP contribution is -2.34. The molecule has 5 nitrogen and oxygen atoms in total. The number of hydrogen-bond acceptors (Lipinski definition) is 6. The summed E-state index contributed by atoms with van der Waals surface area (Å²) in [5, 5.41) is 1.13. The second kappa shape index (κ2) is 7.04. The first-order chi connectivity index (χ1) is 10.1. The lowest BCUT2D eigenvalue weighted by Gasteiger charge is -2.30. The Hall–Kier alpha value is -1.40. The Morgan fingerprint density at radius 1 is 1.38 bits per heavy atom. The molecule has 2 rings (SSSR count). The summed E-state index contributed by atoms with van der Waals surface area (Å²) in [5.74, 6) is 7.03. The predicted molar refractivity (Wildman–Crippen MR) is 92.0 cm³/mol. The molecule has 0 aliphatic carbocycles. The third-order valence-electron chi connectivity index (χ3n) is 3.77. The second-order valence-corrected chi connectivity index (χ2v) is 6.63. The van der Waals surface area contributed by atoms with Gasteiger partial charge < -0.3 is 4.90 Å². The van der Waals surface area contributed by atoms with Crippen LogP contribution < -0.4 is 16.2 Å². The molecule has 0 aliphatic heterocycles. The van der Waals surface area contributed by atoms with Crippen molar-refractivity contribution >= 4 is 33.3 Å². The summed E-state index contributed by atoms with van der Waals surface area (Å²) >= 11 is 1.68. The van der Waals surface area contributed by atoms with Crippen LogP contribution in [0.2, 0.25) is 0 Å². The van der Waals surface area contributed by atoms with Crippen molar-refractivity contribution in [2.24, 2.45) is 5.84 Å². The quantitative estimate of drug-likeness (QED) is 0.603. The number of hydrazine groups is 1. The summed E-state index contributed by atoms with van der Waals surface area (Å²) < 4.78 is 0. The van der Waals surface area contributed by atoms with E-state index in [1.54, 1.807) is 11.3 Å². The van der Waals surface area contributed by atoms with Gasteiger partial charge in [0.05, 0.1) is 5.39 Å². The number of aromatic nitrogens is 2. The Labute approximate surface area is 130 Å². The summed E-state index contributed by atoms with van der Waals surface area (Å²) in [7, 11) is 0. The van der Waals surface area contributed by atoms with E-state index >= 15 is 0 Å². The normalized spacial score (nSPS) is 12.6. The van der Waals surface area contributed by atoms with Crippen LogP contribution in [0.3, 0.4) is 0 Å². The number of rotatable bonds is 7. The zero-order chi connectivity index (χ0) is 15.4. The van der Waals surface area contributed by atoms with Gasteiger partial charge in [-0.3, -0.25) is 5.43 Å².